The fraction of sp³-hybridized carbons (Fsp3) is 0.333. The summed E-state index contributed by atoms with van der Waals surface area (Å²) in [4.78, 5) is 13.0. The molecule has 0 spiro atoms. The summed E-state index contributed by atoms with van der Waals surface area (Å²) in [6.45, 7) is 6.32. The van der Waals surface area contributed by atoms with Crippen LogP contribution in [-0.4, -0.2) is 26.1 Å². The zero-order valence-corrected chi connectivity index (χ0v) is 15.9. The number of nitrogens with zero attached hydrogens (tertiary/aromatic N) is 4. The summed E-state index contributed by atoms with van der Waals surface area (Å²) in [6, 6.07) is 17.7. The second-order valence-electron chi connectivity index (χ2n) is 7.05. The quantitative estimate of drug-likeness (QED) is 0.698. The highest BCUT2D eigenvalue weighted by Crippen LogP contribution is 2.20. The van der Waals surface area contributed by atoms with Crippen LogP contribution in [0.4, 0.5) is 0 Å². The Hall–Kier alpha value is -3.02. The third kappa shape index (κ3) is 4.78. The molecule has 1 amide bonds. The molecule has 3 rings (SSSR count). The summed E-state index contributed by atoms with van der Waals surface area (Å²) >= 11 is 0. The lowest BCUT2D eigenvalue weighted by Crippen LogP contribution is -2.35. The van der Waals surface area contributed by atoms with Crippen molar-refractivity contribution in [1.29, 1.82) is 0 Å². The van der Waals surface area contributed by atoms with E-state index in [1.807, 2.05) is 37.3 Å². The Morgan fingerprint density at radius 2 is 1.67 bits per heavy atom. The number of carbonyl (C=O) groups excluding carboxylic acids is 1. The molecule has 0 fully saturated rings. The van der Waals surface area contributed by atoms with Crippen LogP contribution in [0, 0.1) is 0 Å². The molecule has 2 aromatic carbocycles. The Kier molecular flexibility index (Phi) is 5.96. The second-order valence-corrected chi connectivity index (χ2v) is 7.05. The molecule has 140 valence electrons. The van der Waals surface area contributed by atoms with E-state index in [1.165, 1.54) is 16.6 Å². The van der Waals surface area contributed by atoms with Crippen LogP contribution < -0.4 is 5.32 Å². The molecule has 6 nitrogen and oxygen atoms in total. The zero-order chi connectivity index (χ0) is 19.2. The first-order valence-electron chi connectivity index (χ1n) is 9.21. The number of carbonyl (C=O) groups is 1. The lowest BCUT2D eigenvalue weighted by molar-refractivity contribution is -0.125. The summed E-state index contributed by atoms with van der Waals surface area (Å²) in [5, 5.41) is 14.4. The largest absolute Gasteiger partial charge is 0.348 e. The number of rotatable bonds is 7. The van der Waals surface area contributed by atoms with Crippen LogP contribution in [0.25, 0.3) is 0 Å². The van der Waals surface area contributed by atoms with Crippen molar-refractivity contribution in [3.8, 4) is 0 Å². The molecule has 0 saturated heterocycles. The van der Waals surface area contributed by atoms with Gasteiger partial charge in [-0.05, 0) is 40.0 Å². The van der Waals surface area contributed by atoms with Crippen molar-refractivity contribution < 1.29 is 4.79 Å². The molecule has 0 aliphatic heterocycles. The van der Waals surface area contributed by atoms with Gasteiger partial charge < -0.3 is 5.32 Å². The van der Waals surface area contributed by atoms with Crippen molar-refractivity contribution in [2.45, 2.75) is 45.2 Å². The maximum atomic E-state index is 13.0. The van der Waals surface area contributed by atoms with E-state index in [9.17, 15) is 4.79 Å². The van der Waals surface area contributed by atoms with Crippen molar-refractivity contribution in [3.63, 3.8) is 0 Å². The Morgan fingerprint density at radius 1 is 1.00 bits per heavy atom. The van der Waals surface area contributed by atoms with E-state index < -0.39 is 6.04 Å². The number of amides is 1. The molecule has 0 bridgehead atoms. The van der Waals surface area contributed by atoms with Crippen molar-refractivity contribution in [2.75, 3.05) is 0 Å². The smallest absolute Gasteiger partial charge is 0.245 e. The lowest BCUT2D eigenvalue weighted by atomic mass is 9.99. The number of benzene rings is 2. The standard InChI is InChI=1S/C21H25N5O/c1-15(2)18-9-11-19(12-10-18)16(3)23-21(27)20(26-14-22-24-25-26)13-17-7-5-4-6-8-17/h4-12,14-16,20H,13H2,1-3H3,(H,23,27)/t16-,20-/m1/s1. The van der Waals surface area contributed by atoms with Gasteiger partial charge >= 0.3 is 0 Å². The maximum Gasteiger partial charge on any atom is 0.245 e. The molecular weight excluding hydrogens is 338 g/mol. The van der Waals surface area contributed by atoms with Gasteiger partial charge in [0, 0.05) is 6.42 Å². The summed E-state index contributed by atoms with van der Waals surface area (Å²) in [5.41, 5.74) is 3.41. The molecule has 0 unspecified atom stereocenters. The highest BCUT2D eigenvalue weighted by Gasteiger charge is 2.24. The molecule has 6 heteroatoms. The minimum absolute atomic E-state index is 0.103. The molecule has 0 saturated carbocycles. The SMILES string of the molecule is CC(C)c1ccc([C@@H](C)NC(=O)[C@@H](Cc2ccccc2)n2cnnn2)cc1. The summed E-state index contributed by atoms with van der Waals surface area (Å²) in [7, 11) is 0. The van der Waals surface area contributed by atoms with Gasteiger partial charge in [0.25, 0.3) is 0 Å². The number of aromatic nitrogens is 4. The fourth-order valence-electron chi connectivity index (χ4n) is 3.02. The molecule has 3 aromatic rings. The van der Waals surface area contributed by atoms with Gasteiger partial charge in [-0.15, -0.1) is 5.10 Å². The van der Waals surface area contributed by atoms with Gasteiger partial charge in [-0.1, -0.05) is 68.4 Å². The Balaban J connectivity index is 1.73. The summed E-state index contributed by atoms with van der Waals surface area (Å²) in [5.74, 6) is 0.380. The van der Waals surface area contributed by atoms with E-state index in [2.05, 4.69) is 59.0 Å². The van der Waals surface area contributed by atoms with Gasteiger partial charge in [-0.25, -0.2) is 4.68 Å². The predicted molar refractivity (Wildman–Crippen MR) is 104 cm³/mol. The van der Waals surface area contributed by atoms with Crippen LogP contribution in [0.3, 0.4) is 0 Å². The van der Waals surface area contributed by atoms with E-state index in [0.29, 0.717) is 12.3 Å². The summed E-state index contributed by atoms with van der Waals surface area (Å²) < 4.78 is 1.51. The molecular formula is C21H25N5O. The molecule has 0 aliphatic carbocycles. The highest BCUT2D eigenvalue weighted by molar-refractivity contribution is 5.80. The molecule has 1 N–H and O–H groups in total. The van der Waals surface area contributed by atoms with Gasteiger partial charge in [0.2, 0.25) is 5.91 Å². The van der Waals surface area contributed by atoms with E-state index >= 15 is 0 Å². The fourth-order valence-corrected chi connectivity index (χ4v) is 3.02. The molecule has 2 atom stereocenters. The zero-order valence-electron chi connectivity index (χ0n) is 15.9. The average molecular weight is 363 g/mol. The van der Waals surface area contributed by atoms with Crippen LogP contribution in [0.5, 0.6) is 0 Å². The average Bonchev–Trinajstić information content (AvgIpc) is 3.21. The van der Waals surface area contributed by atoms with Gasteiger partial charge in [0.15, 0.2) is 0 Å². The van der Waals surface area contributed by atoms with Crippen molar-refractivity contribution in [1.82, 2.24) is 25.5 Å². The van der Waals surface area contributed by atoms with Crippen LogP contribution in [0.1, 0.15) is 55.5 Å². The van der Waals surface area contributed by atoms with Gasteiger partial charge in [-0.2, -0.15) is 0 Å². The van der Waals surface area contributed by atoms with Crippen LogP contribution in [-0.2, 0) is 11.2 Å². The lowest BCUT2D eigenvalue weighted by Gasteiger charge is -2.21. The predicted octanol–water partition coefficient (Wildman–Crippen LogP) is 3.46. The molecule has 1 aromatic heterocycles. The first-order chi connectivity index (χ1) is 13.0. The highest BCUT2D eigenvalue weighted by atomic mass is 16.2. The third-order valence-electron chi connectivity index (χ3n) is 4.72. The molecule has 27 heavy (non-hydrogen) atoms. The number of hydrogen-bond donors (Lipinski definition) is 1. The van der Waals surface area contributed by atoms with E-state index in [1.54, 1.807) is 0 Å². The molecule has 0 aliphatic rings. The summed E-state index contributed by atoms with van der Waals surface area (Å²) in [6.07, 6.45) is 2.01. The van der Waals surface area contributed by atoms with Crippen LogP contribution in [0.15, 0.2) is 60.9 Å². The number of tetrazole rings is 1. The minimum atomic E-state index is -0.500. The first kappa shape index (κ1) is 18.8. The molecule has 0 radical (unpaired) electrons. The van der Waals surface area contributed by atoms with E-state index in [-0.39, 0.29) is 11.9 Å². The Morgan fingerprint density at radius 3 is 2.26 bits per heavy atom. The van der Waals surface area contributed by atoms with Crippen molar-refractivity contribution >= 4 is 5.91 Å². The number of nitrogens with one attached hydrogen (secondary N) is 1. The third-order valence-corrected chi connectivity index (χ3v) is 4.72. The van der Waals surface area contributed by atoms with Gasteiger partial charge in [0.1, 0.15) is 12.4 Å². The van der Waals surface area contributed by atoms with E-state index in [4.69, 9.17) is 0 Å². The van der Waals surface area contributed by atoms with Crippen LogP contribution in [0.2, 0.25) is 0 Å². The second kappa shape index (κ2) is 8.58. The van der Waals surface area contributed by atoms with Crippen molar-refractivity contribution in [2.24, 2.45) is 0 Å². The minimum Gasteiger partial charge on any atom is -0.348 e. The van der Waals surface area contributed by atoms with Gasteiger partial charge in [-0.3, -0.25) is 4.79 Å². The Labute approximate surface area is 159 Å². The maximum absolute atomic E-state index is 13.0. The van der Waals surface area contributed by atoms with Gasteiger partial charge in [0.05, 0.1) is 6.04 Å². The number of hydrogen-bond acceptors (Lipinski definition) is 4. The van der Waals surface area contributed by atoms with Crippen LogP contribution >= 0.6 is 0 Å². The topological polar surface area (TPSA) is 72.7 Å². The van der Waals surface area contributed by atoms with Crippen molar-refractivity contribution in [3.05, 3.63) is 77.6 Å². The van der Waals surface area contributed by atoms with E-state index in [0.717, 1.165) is 11.1 Å². The monoisotopic (exact) mass is 363 g/mol. The Bertz CT molecular complexity index is 844. The molecule has 1 heterocycles. The first-order valence-corrected chi connectivity index (χ1v) is 9.21. The normalized spacial score (nSPS) is 13.3.